The molecule has 290 valence electrons. The van der Waals surface area contributed by atoms with Gasteiger partial charge >= 0.3 is 6.09 Å². The molecule has 3 amide bonds. The summed E-state index contributed by atoms with van der Waals surface area (Å²) in [5, 5.41) is 2.59. The van der Waals surface area contributed by atoms with Crippen LogP contribution in [0.4, 0.5) is 9.18 Å². The van der Waals surface area contributed by atoms with Crippen molar-refractivity contribution < 1.29 is 33.3 Å². The molecule has 1 aromatic heterocycles. The average Bonchev–Trinajstić information content (AvgIpc) is 4.00. The fourth-order valence-corrected chi connectivity index (χ4v) is 7.37. The summed E-state index contributed by atoms with van der Waals surface area (Å²) in [7, 11) is 2.62. The molecule has 2 saturated heterocycles. The maximum atomic E-state index is 14.8. The molecule has 55 heavy (non-hydrogen) atoms. The lowest BCUT2D eigenvalue weighted by atomic mass is 9.97. The number of fused-ring (bicyclic) bond motifs is 1. The number of H-pyrrole nitrogens is 1. The number of aromatic amines is 1. The van der Waals surface area contributed by atoms with Gasteiger partial charge in [-0.15, -0.1) is 0 Å². The van der Waals surface area contributed by atoms with E-state index in [0.717, 1.165) is 46.3 Å². The molecule has 3 aromatic rings. The Labute approximate surface area is 320 Å². The number of amides is 3. The Hall–Kier alpha value is -5.55. The van der Waals surface area contributed by atoms with Gasteiger partial charge < -0.3 is 29.7 Å². The van der Waals surface area contributed by atoms with Crippen LogP contribution in [0.5, 0.6) is 0 Å². The zero-order valence-corrected chi connectivity index (χ0v) is 32.0. The summed E-state index contributed by atoms with van der Waals surface area (Å²) < 4.78 is 19.5. The van der Waals surface area contributed by atoms with Crippen molar-refractivity contribution in [1.82, 2.24) is 25.1 Å². The number of nitrogens with one attached hydrogen (secondary N) is 2. The van der Waals surface area contributed by atoms with Crippen LogP contribution < -0.4 is 5.32 Å². The minimum Gasteiger partial charge on any atom is -0.453 e. The van der Waals surface area contributed by atoms with E-state index in [1.807, 2.05) is 81.3 Å². The lowest BCUT2D eigenvalue weighted by molar-refractivity contribution is -0.188. The summed E-state index contributed by atoms with van der Waals surface area (Å²) in [5.41, 5.74) is 6.11. The molecule has 4 heterocycles. The fourth-order valence-electron chi connectivity index (χ4n) is 7.37. The topological polar surface area (TPSA) is 151 Å². The first-order chi connectivity index (χ1) is 26.5. The van der Waals surface area contributed by atoms with E-state index in [1.54, 1.807) is 0 Å². The maximum absolute atomic E-state index is 14.8. The minimum atomic E-state index is -1.22. The summed E-state index contributed by atoms with van der Waals surface area (Å²) in [6, 6.07) is 11.5. The molecule has 0 unspecified atom stereocenters. The van der Waals surface area contributed by atoms with Crippen molar-refractivity contribution in [1.29, 1.82) is 0 Å². The molecule has 0 bridgehead atoms. The van der Waals surface area contributed by atoms with Crippen molar-refractivity contribution in [3.8, 4) is 11.8 Å². The smallest absolute Gasteiger partial charge is 0.407 e. The molecule has 13 nitrogen and oxygen atoms in total. The number of aromatic nitrogens is 2. The van der Waals surface area contributed by atoms with E-state index in [-0.39, 0.29) is 42.7 Å². The number of carbonyl (C=O) groups is 3. The molecule has 14 heteroatoms. The number of benzene rings is 2. The van der Waals surface area contributed by atoms with Gasteiger partial charge in [-0.05, 0) is 66.1 Å². The molecule has 0 radical (unpaired) electrons. The highest BCUT2D eigenvalue weighted by molar-refractivity contribution is 6.03. The van der Waals surface area contributed by atoms with Crippen molar-refractivity contribution in [3.05, 3.63) is 71.2 Å². The lowest BCUT2D eigenvalue weighted by Crippen LogP contribution is -2.51. The molecular formula is C41H48FN7O6. The number of alkyl halides is 1. The highest BCUT2D eigenvalue weighted by atomic mass is 19.1. The van der Waals surface area contributed by atoms with Crippen molar-refractivity contribution in [3.63, 3.8) is 0 Å². The van der Waals surface area contributed by atoms with E-state index in [1.165, 1.54) is 25.5 Å². The first-order valence-corrected chi connectivity index (χ1v) is 18.7. The first-order valence-electron chi connectivity index (χ1n) is 18.7. The Morgan fingerprint density at radius 1 is 1.00 bits per heavy atom. The van der Waals surface area contributed by atoms with Crippen LogP contribution >= 0.6 is 0 Å². The number of halogens is 1. The number of alkyl carbamates (subject to hydrolysis) is 1. The molecule has 5 atom stereocenters. The van der Waals surface area contributed by atoms with Crippen LogP contribution in [0.3, 0.4) is 0 Å². The van der Waals surface area contributed by atoms with E-state index >= 15 is 0 Å². The average molecular weight is 754 g/mol. The number of nitrogens with zero attached hydrogens (tertiary/aromatic N) is 5. The minimum absolute atomic E-state index is 0.00579. The summed E-state index contributed by atoms with van der Waals surface area (Å²) in [6.45, 7) is 8.12. The van der Waals surface area contributed by atoms with E-state index in [0.29, 0.717) is 24.3 Å². The third-order valence-electron chi connectivity index (χ3n) is 10.3. The van der Waals surface area contributed by atoms with Crippen LogP contribution in [0.25, 0.3) is 16.6 Å². The van der Waals surface area contributed by atoms with Gasteiger partial charge in [0.2, 0.25) is 18.2 Å². The highest BCUT2D eigenvalue weighted by Crippen LogP contribution is 2.35. The Bertz CT molecular complexity index is 2050. The van der Waals surface area contributed by atoms with Gasteiger partial charge in [0, 0.05) is 42.4 Å². The number of carbonyl (C=O) groups excluding carboxylic acids is 3. The number of allylic oxidation sites excluding steroid dienone is 1. The zero-order valence-electron chi connectivity index (χ0n) is 32.0. The number of ether oxygens (including phenoxy) is 1. The zero-order chi connectivity index (χ0) is 39.2. The second-order valence-electron chi connectivity index (χ2n) is 14.7. The van der Waals surface area contributed by atoms with Crippen LogP contribution in [-0.2, 0) is 24.1 Å². The Kier molecular flexibility index (Phi) is 12.3. The van der Waals surface area contributed by atoms with Crippen LogP contribution in [0.15, 0.2) is 58.6 Å². The summed E-state index contributed by atoms with van der Waals surface area (Å²) >= 11 is 0. The van der Waals surface area contributed by atoms with Crippen molar-refractivity contribution in [2.24, 2.45) is 21.8 Å². The first kappa shape index (κ1) is 39.2. The predicted octanol–water partition coefficient (Wildman–Crippen LogP) is 5.76. The van der Waals surface area contributed by atoms with Crippen molar-refractivity contribution >= 4 is 46.6 Å². The van der Waals surface area contributed by atoms with Crippen LogP contribution in [0.2, 0.25) is 0 Å². The Morgan fingerprint density at radius 2 is 1.75 bits per heavy atom. The SMILES string of the molecule is COOC=N[C@H](C(=O)N1CCC[C@H]1C1=NC=C(c2ccc(C#Cc3ccc4nc([C@@H]5C[C@H](F)CN5C(=O)[C@@H](NC(=O)OC)C(C)C)[nH]c4c3)cc2)C1)C(C)C. The van der Waals surface area contributed by atoms with E-state index in [4.69, 9.17) is 19.6 Å². The second-order valence-corrected chi connectivity index (χ2v) is 14.7. The number of hydrogen-bond donors (Lipinski definition) is 2. The van der Waals surface area contributed by atoms with Gasteiger partial charge in [0.25, 0.3) is 0 Å². The number of hydrogen-bond acceptors (Lipinski definition) is 9. The van der Waals surface area contributed by atoms with Gasteiger partial charge in [0.1, 0.15) is 24.1 Å². The number of methoxy groups -OCH3 is 1. The molecule has 2 N–H and O–H groups in total. The Balaban J connectivity index is 1.10. The quantitative estimate of drug-likeness (QED) is 0.0831. The lowest BCUT2D eigenvalue weighted by Gasteiger charge is -2.29. The van der Waals surface area contributed by atoms with E-state index in [9.17, 15) is 18.8 Å². The number of aliphatic imine (C=N–C) groups is 2. The van der Waals surface area contributed by atoms with Gasteiger partial charge in [-0.25, -0.2) is 19.2 Å². The van der Waals surface area contributed by atoms with Crippen LogP contribution in [0, 0.1) is 23.7 Å². The van der Waals surface area contributed by atoms with Crippen LogP contribution in [-0.4, -0.2) is 101 Å². The van der Waals surface area contributed by atoms with Gasteiger partial charge in [-0.3, -0.25) is 14.6 Å². The van der Waals surface area contributed by atoms with Gasteiger partial charge in [-0.2, -0.15) is 4.89 Å². The van der Waals surface area contributed by atoms with Crippen molar-refractivity contribution in [2.45, 2.75) is 83.7 Å². The molecule has 3 aliphatic heterocycles. The standard InChI is InChI=1S/C41H48FN7O6/c1-24(2)36(44-23-55-54-6)39(50)48-17-7-8-34(48)33-19-29(21-43-33)28-14-11-26(12-15-28)9-10-27-13-16-31-32(18-27)46-38(45-31)35-20-30(42)22-49(35)40(51)37(25(3)4)47-41(52)53-5/h11-16,18,21,23-25,30,34-37H,7-8,17,19-20,22H2,1-6H3,(H,45,46)(H,47,52)/t30-,34-,35-,36-,37-/m0/s1. The number of likely N-dealkylation sites (tertiary alicyclic amines) is 2. The van der Waals surface area contributed by atoms with E-state index < -0.39 is 30.4 Å². The third kappa shape index (κ3) is 8.89. The van der Waals surface area contributed by atoms with Crippen LogP contribution in [0.1, 0.15) is 81.9 Å². The molecule has 2 aromatic carbocycles. The summed E-state index contributed by atoms with van der Waals surface area (Å²) in [5.74, 6) is 6.28. The molecule has 0 saturated carbocycles. The maximum Gasteiger partial charge on any atom is 0.407 e. The molecule has 2 fully saturated rings. The second kappa shape index (κ2) is 17.3. The van der Waals surface area contributed by atoms with Gasteiger partial charge in [-0.1, -0.05) is 51.7 Å². The molecular weight excluding hydrogens is 705 g/mol. The summed E-state index contributed by atoms with van der Waals surface area (Å²) in [4.78, 5) is 68.8. The van der Waals surface area contributed by atoms with Crippen molar-refractivity contribution in [2.75, 3.05) is 27.3 Å². The molecule has 3 aliphatic rings. The largest absolute Gasteiger partial charge is 0.453 e. The monoisotopic (exact) mass is 753 g/mol. The third-order valence-corrected chi connectivity index (χ3v) is 10.3. The van der Waals surface area contributed by atoms with Gasteiger partial charge in [0.15, 0.2) is 0 Å². The molecule has 0 aliphatic carbocycles. The number of rotatable bonds is 11. The molecule has 0 spiro atoms. The number of imidazole rings is 1. The van der Waals surface area contributed by atoms with Gasteiger partial charge in [0.05, 0.1) is 43.9 Å². The predicted molar refractivity (Wildman–Crippen MR) is 207 cm³/mol. The normalized spacial score (nSPS) is 20.8. The summed E-state index contributed by atoms with van der Waals surface area (Å²) in [6.07, 6.45) is 3.66. The Morgan fingerprint density at radius 3 is 2.45 bits per heavy atom. The molecule has 6 rings (SSSR count). The highest BCUT2D eigenvalue weighted by Gasteiger charge is 2.42. The fraction of sp³-hybridized carbons (Fsp3) is 0.463. The van der Waals surface area contributed by atoms with E-state index in [2.05, 4.69) is 32.0 Å².